The van der Waals surface area contributed by atoms with Gasteiger partial charge in [0.2, 0.25) is 0 Å². The number of benzene rings is 1. The largest absolute Gasteiger partial charge is 0.390 e. The van der Waals surface area contributed by atoms with Crippen molar-refractivity contribution in [2.45, 2.75) is 51.6 Å². The molecular weight excluding hydrogens is 260 g/mol. The summed E-state index contributed by atoms with van der Waals surface area (Å²) in [5, 5.41) is 14.5. The van der Waals surface area contributed by atoms with Crippen LogP contribution in [-0.2, 0) is 12.0 Å². The number of fused-ring (bicyclic) bond motifs is 5. The molecule has 1 aromatic carbocycles. The second-order valence-corrected chi connectivity index (χ2v) is 7.26. The zero-order valence-electron chi connectivity index (χ0n) is 12.9. The van der Waals surface area contributed by atoms with Crippen molar-refractivity contribution in [2.75, 3.05) is 0 Å². The van der Waals surface area contributed by atoms with Crippen LogP contribution in [0.1, 0.15) is 56.5 Å². The third kappa shape index (κ3) is 1.40. The van der Waals surface area contributed by atoms with Crippen LogP contribution in [-0.4, -0.2) is 14.9 Å². The van der Waals surface area contributed by atoms with Crippen molar-refractivity contribution < 1.29 is 5.11 Å². The molecule has 0 unspecified atom stereocenters. The Morgan fingerprint density at radius 2 is 1.95 bits per heavy atom. The molecule has 1 N–H and O–H groups in total. The summed E-state index contributed by atoms with van der Waals surface area (Å²) >= 11 is 0. The van der Waals surface area contributed by atoms with E-state index in [0.29, 0.717) is 5.92 Å². The fourth-order valence-electron chi connectivity index (χ4n) is 4.67. The standard InChI is InChI=1S/C18H22N2O/c1-17(2)13-9-10-18(17,3)16-15(13)14(11-21)19-20(16)12-7-5-4-6-8-12/h4-8,13,21H,9-11H2,1-3H3/t13-,18+/m1/s1. The van der Waals surface area contributed by atoms with Gasteiger partial charge < -0.3 is 5.11 Å². The number of aromatic nitrogens is 2. The topological polar surface area (TPSA) is 38.1 Å². The van der Waals surface area contributed by atoms with Gasteiger partial charge in [-0.15, -0.1) is 0 Å². The highest BCUT2D eigenvalue weighted by Gasteiger charge is 2.62. The van der Waals surface area contributed by atoms with Crippen LogP contribution in [0.15, 0.2) is 30.3 Å². The number of aliphatic hydroxyl groups is 1. The van der Waals surface area contributed by atoms with Crippen LogP contribution in [0.3, 0.4) is 0 Å². The maximum Gasteiger partial charge on any atom is 0.0921 e. The fraction of sp³-hybridized carbons (Fsp3) is 0.500. The monoisotopic (exact) mass is 282 g/mol. The van der Waals surface area contributed by atoms with Crippen LogP contribution in [0.4, 0.5) is 0 Å². The highest BCUT2D eigenvalue weighted by Crippen LogP contribution is 2.68. The Kier molecular flexibility index (Phi) is 2.48. The number of hydrogen-bond acceptors (Lipinski definition) is 2. The van der Waals surface area contributed by atoms with E-state index in [1.807, 2.05) is 18.2 Å². The van der Waals surface area contributed by atoms with Gasteiger partial charge in [-0.2, -0.15) is 5.10 Å². The first-order valence-electron chi connectivity index (χ1n) is 7.79. The van der Waals surface area contributed by atoms with Crippen LogP contribution in [0, 0.1) is 5.41 Å². The lowest BCUT2D eigenvalue weighted by atomic mass is 9.70. The second-order valence-electron chi connectivity index (χ2n) is 7.26. The lowest BCUT2D eigenvalue weighted by Gasteiger charge is -2.35. The van der Waals surface area contributed by atoms with E-state index < -0.39 is 0 Å². The third-order valence-corrected chi connectivity index (χ3v) is 6.25. The Morgan fingerprint density at radius 3 is 2.62 bits per heavy atom. The molecule has 2 aliphatic rings. The van der Waals surface area contributed by atoms with Gasteiger partial charge in [0.1, 0.15) is 0 Å². The van der Waals surface area contributed by atoms with Crippen LogP contribution < -0.4 is 0 Å². The van der Waals surface area contributed by atoms with Gasteiger partial charge in [-0.25, -0.2) is 4.68 Å². The molecule has 3 heteroatoms. The number of aliphatic hydroxyl groups excluding tert-OH is 1. The normalized spacial score (nSPS) is 28.9. The average Bonchev–Trinajstić information content (AvgIpc) is 3.03. The van der Waals surface area contributed by atoms with E-state index >= 15 is 0 Å². The minimum atomic E-state index is 0.0326. The van der Waals surface area contributed by atoms with Crippen molar-refractivity contribution in [3.05, 3.63) is 47.3 Å². The molecule has 2 aromatic rings. The third-order valence-electron chi connectivity index (χ3n) is 6.25. The quantitative estimate of drug-likeness (QED) is 0.915. The minimum Gasteiger partial charge on any atom is -0.390 e. The molecule has 2 atom stereocenters. The Hall–Kier alpha value is -1.61. The first kappa shape index (κ1) is 13.1. The molecule has 0 spiro atoms. The Balaban J connectivity index is 2.02. The zero-order valence-corrected chi connectivity index (χ0v) is 12.9. The average molecular weight is 282 g/mol. The van der Waals surface area contributed by atoms with Crippen LogP contribution in [0.2, 0.25) is 0 Å². The van der Waals surface area contributed by atoms with Crippen molar-refractivity contribution in [2.24, 2.45) is 5.41 Å². The zero-order chi connectivity index (χ0) is 14.8. The van der Waals surface area contributed by atoms with E-state index in [4.69, 9.17) is 5.10 Å². The van der Waals surface area contributed by atoms with Crippen molar-refractivity contribution in [1.82, 2.24) is 9.78 Å². The lowest BCUT2D eigenvalue weighted by Crippen LogP contribution is -2.33. The minimum absolute atomic E-state index is 0.0326. The Labute approximate surface area is 125 Å². The first-order chi connectivity index (χ1) is 10.0. The van der Waals surface area contributed by atoms with Crippen molar-refractivity contribution >= 4 is 0 Å². The molecule has 2 bridgehead atoms. The predicted octanol–water partition coefficient (Wildman–Crippen LogP) is 3.54. The van der Waals surface area contributed by atoms with Crippen LogP contribution in [0.25, 0.3) is 5.69 Å². The molecule has 0 radical (unpaired) electrons. The summed E-state index contributed by atoms with van der Waals surface area (Å²) < 4.78 is 2.09. The van der Waals surface area contributed by atoms with Gasteiger partial charge in [0, 0.05) is 11.0 Å². The first-order valence-corrected chi connectivity index (χ1v) is 7.79. The van der Waals surface area contributed by atoms with Crippen molar-refractivity contribution in [3.8, 4) is 5.69 Å². The molecule has 0 aliphatic heterocycles. The van der Waals surface area contributed by atoms with Gasteiger partial charge in [0.25, 0.3) is 0 Å². The van der Waals surface area contributed by atoms with E-state index in [1.54, 1.807) is 0 Å². The molecule has 2 aliphatic carbocycles. The smallest absolute Gasteiger partial charge is 0.0921 e. The Bertz CT molecular complexity index is 702. The van der Waals surface area contributed by atoms with Gasteiger partial charge in [-0.1, -0.05) is 39.0 Å². The molecule has 1 aromatic heterocycles. The molecule has 0 amide bonds. The predicted molar refractivity (Wildman–Crippen MR) is 82.6 cm³/mol. The summed E-state index contributed by atoms with van der Waals surface area (Å²) in [6, 6.07) is 10.3. The van der Waals surface area contributed by atoms with Gasteiger partial charge in [-0.05, 0) is 36.3 Å². The summed E-state index contributed by atoms with van der Waals surface area (Å²) in [6.45, 7) is 7.16. The summed E-state index contributed by atoms with van der Waals surface area (Å²) in [4.78, 5) is 0. The molecule has 1 heterocycles. The van der Waals surface area contributed by atoms with Gasteiger partial charge in [-0.3, -0.25) is 0 Å². The highest BCUT2D eigenvalue weighted by molar-refractivity contribution is 5.51. The fourth-order valence-corrected chi connectivity index (χ4v) is 4.67. The van der Waals surface area contributed by atoms with Gasteiger partial charge >= 0.3 is 0 Å². The van der Waals surface area contributed by atoms with E-state index in [-0.39, 0.29) is 17.4 Å². The second kappa shape index (κ2) is 3.98. The summed E-state index contributed by atoms with van der Waals surface area (Å²) in [7, 11) is 0. The van der Waals surface area contributed by atoms with Crippen LogP contribution in [0.5, 0.6) is 0 Å². The maximum atomic E-state index is 9.77. The van der Waals surface area contributed by atoms with E-state index in [1.165, 1.54) is 24.1 Å². The number of rotatable bonds is 2. The molecule has 0 saturated heterocycles. The van der Waals surface area contributed by atoms with E-state index in [0.717, 1.165) is 11.4 Å². The summed E-state index contributed by atoms with van der Waals surface area (Å²) in [5.74, 6) is 0.525. The van der Waals surface area contributed by atoms with Gasteiger partial charge in [0.15, 0.2) is 0 Å². The number of nitrogens with zero attached hydrogens (tertiary/aromatic N) is 2. The summed E-state index contributed by atoms with van der Waals surface area (Å²) in [5.41, 5.74) is 5.00. The molecule has 1 saturated carbocycles. The number of para-hydroxylation sites is 1. The molecule has 21 heavy (non-hydrogen) atoms. The molecule has 110 valence electrons. The lowest BCUT2D eigenvalue weighted by molar-refractivity contribution is 0.219. The van der Waals surface area contributed by atoms with Crippen molar-refractivity contribution in [3.63, 3.8) is 0 Å². The number of hydrogen-bond donors (Lipinski definition) is 1. The highest BCUT2D eigenvalue weighted by atomic mass is 16.3. The van der Waals surface area contributed by atoms with E-state index in [2.05, 4.69) is 37.6 Å². The SMILES string of the molecule is CC1(C)[C@@H]2CC[C@@]1(C)c1c2c(CO)nn1-c1ccccc1. The summed E-state index contributed by atoms with van der Waals surface area (Å²) in [6.07, 6.45) is 2.42. The maximum absolute atomic E-state index is 9.77. The molecular formula is C18H22N2O. The van der Waals surface area contributed by atoms with Gasteiger partial charge in [0.05, 0.1) is 23.7 Å². The Morgan fingerprint density at radius 1 is 1.24 bits per heavy atom. The molecule has 3 nitrogen and oxygen atoms in total. The molecule has 1 fully saturated rings. The molecule has 4 rings (SSSR count). The van der Waals surface area contributed by atoms with Crippen molar-refractivity contribution in [1.29, 1.82) is 0 Å². The van der Waals surface area contributed by atoms with Crippen LogP contribution >= 0.6 is 0 Å². The van der Waals surface area contributed by atoms with E-state index in [9.17, 15) is 5.11 Å².